The molecule has 0 spiro atoms. The van der Waals surface area contributed by atoms with Gasteiger partial charge in [0.15, 0.2) is 0 Å². The average molecular weight is 219 g/mol. The molecule has 0 radical (unpaired) electrons. The first-order valence-electron chi connectivity index (χ1n) is 5.57. The number of nitrogens with zero attached hydrogens (tertiary/aromatic N) is 1. The molecular formula is C15H9NO. The van der Waals surface area contributed by atoms with Gasteiger partial charge in [-0.3, -0.25) is 4.98 Å². The summed E-state index contributed by atoms with van der Waals surface area (Å²) in [7, 11) is 0. The standard InChI is InChI=1S/C15H9NO/c1-2-4-14-10(3-1)7-11-5-6-12-8-16-9-13(12)15(11)17-14/h1-9H. The summed E-state index contributed by atoms with van der Waals surface area (Å²) in [6, 6.07) is 14.4. The van der Waals surface area contributed by atoms with Crippen molar-refractivity contribution >= 4 is 32.7 Å². The normalized spacial score (nSPS) is 11.5. The van der Waals surface area contributed by atoms with E-state index in [1.807, 2.05) is 30.6 Å². The van der Waals surface area contributed by atoms with E-state index in [9.17, 15) is 0 Å². The molecule has 80 valence electrons. The molecule has 0 fully saturated rings. The number of rotatable bonds is 0. The monoisotopic (exact) mass is 219 g/mol. The van der Waals surface area contributed by atoms with Crippen molar-refractivity contribution < 1.29 is 4.42 Å². The second-order valence-electron chi connectivity index (χ2n) is 4.18. The van der Waals surface area contributed by atoms with E-state index in [0.717, 1.165) is 32.7 Å². The maximum absolute atomic E-state index is 5.98. The van der Waals surface area contributed by atoms with E-state index in [2.05, 4.69) is 29.2 Å². The van der Waals surface area contributed by atoms with E-state index in [0.29, 0.717) is 0 Å². The van der Waals surface area contributed by atoms with Crippen LogP contribution in [0.1, 0.15) is 0 Å². The van der Waals surface area contributed by atoms with E-state index < -0.39 is 0 Å². The molecule has 0 unspecified atom stereocenters. The van der Waals surface area contributed by atoms with Crippen molar-refractivity contribution in [3.63, 3.8) is 0 Å². The van der Waals surface area contributed by atoms with Gasteiger partial charge < -0.3 is 4.42 Å². The van der Waals surface area contributed by atoms with Gasteiger partial charge in [0.2, 0.25) is 0 Å². The minimum Gasteiger partial charge on any atom is -0.455 e. The van der Waals surface area contributed by atoms with Crippen LogP contribution in [0.5, 0.6) is 0 Å². The third kappa shape index (κ3) is 1.18. The third-order valence-corrected chi connectivity index (χ3v) is 3.12. The number of benzene rings is 2. The van der Waals surface area contributed by atoms with E-state index in [1.54, 1.807) is 0 Å². The van der Waals surface area contributed by atoms with Crippen LogP contribution in [0.4, 0.5) is 0 Å². The van der Waals surface area contributed by atoms with Crippen molar-refractivity contribution in [3.05, 3.63) is 54.9 Å². The molecule has 0 aliphatic rings. The molecule has 2 nitrogen and oxygen atoms in total. The van der Waals surface area contributed by atoms with Crippen molar-refractivity contribution in [1.29, 1.82) is 0 Å². The molecule has 2 heteroatoms. The van der Waals surface area contributed by atoms with Crippen LogP contribution in [0, 0.1) is 0 Å². The number of hydrogen-bond acceptors (Lipinski definition) is 2. The fourth-order valence-corrected chi connectivity index (χ4v) is 2.27. The molecule has 2 aromatic carbocycles. The van der Waals surface area contributed by atoms with Gasteiger partial charge in [-0.2, -0.15) is 0 Å². The van der Waals surface area contributed by atoms with Crippen molar-refractivity contribution in [2.45, 2.75) is 0 Å². The minimum absolute atomic E-state index is 0.911. The average Bonchev–Trinajstić information content (AvgIpc) is 2.85. The van der Waals surface area contributed by atoms with Crippen LogP contribution in [0.25, 0.3) is 32.7 Å². The Kier molecular flexibility index (Phi) is 1.59. The first kappa shape index (κ1) is 8.76. The van der Waals surface area contributed by atoms with Crippen LogP contribution in [0.2, 0.25) is 0 Å². The van der Waals surface area contributed by atoms with Crippen molar-refractivity contribution in [1.82, 2.24) is 4.98 Å². The maximum Gasteiger partial charge on any atom is 0.144 e. The van der Waals surface area contributed by atoms with Crippen molar-refractivity contribution in [3.8, 4) is 0 Å². The van der Waals surface area contributed by atoms with Gasteiger partial charge in [0.05, 0.1) is 0 Å². The lowest BCUT2D eigenvalue weighted by Crippen LogP contribution is -1.76. The summed E-state index contributed by atoms with van der Waals surface area (Å²) in [4.78, 5) is 4.17. The van der Waals surface area contributed by atoms with Crippen molar-refractivity contribution in [2.24, 2.45) is 0 Å². The Labute approximate surface area is 97.5 Å². The van der Waals surface area contributed by atoms with Crippen LogP contribution >= 0.6 is 0 Å². The summed E-state index contributed by atoms with van der Waals surface area (Å²) in [6.07, 6.45) is 3.72. The highest BCUT2D eigenvalue weighted by atomic mass is 16.3. The highest BCUT2D eigenvalue weighted by Gasteiger charge is 2.05. The topological polar surface area (TPSA) is 26.0 Å². The third-order valence-electron chi connectivity index (χ3n) is 3.12. The lowest BCUT2D eigenvalue weighted by Gasteiger charge is -2.02. The molecule has 0 aliphatic carbocycles. The zero-order valence-corrected chi connectivity index (χ0v) is 9.05. The Morgan fingerprint density at radius 2 is 1.71 bits per heavy atom. The fourth-order valence-electron chi connectivity index (χ4n) is 2.27. The lowest BCUT2D eigenvalue weighted by atomic mass is 10.1. The molecule has 4 rings (SSSR count). The zero-order valence-electron chi connectivity index (χ0n) is 9.05. The van der Waals surface area contributed by atoms with Crippen LogP contribution in [-0.4, -0.2) is 4.98 Å². The fraction of sp³-hybridized carbons (Fsp3) is 0. The summed E-state index contributed by atoms with van der Waals surface area (Å²) in [5.41, 5.74) is 1.83. The Balaban J connectivity index is 2.29. The van der Waals surface area contributed by atoms with Gasteiger partial charge in [0.25, 0.3) is 0 Å². The van der Waals surface area contributed by atoms with E-state index in [-0.39, 0.29) is 0 Å². The van der Waals surface area contributed by atoms with Gasteiger partial charge in [0.1, 0.15) is 11.2 Å². The molecule has 0 saturated carbocycles. The molecule has 0 bridgehead atoms. The Morgan fingerprint density at radius 1 is 0.824 bits per heavy atom. The van der Waals surface area contributed by atoms with Gasteiger partial charge >= 0.3 is 0 Å². The summed E-state index contributed by atoms with van der Waals surface area (Å²) < 4.78 is 5.98. The second-order valence-corrected chi connectivity index (χ2v) is 4.18. The van der Waals surface area contributed by atoms with Crippen LogP contribution in [-0.2, 0) is 0 Å². The lowest BCUT2D eigenvalue weighted by molar-refractivity contribution is 0.664. The summed E-state index contributed by atoms with van der Waals surface area (Å²) in [5, 5.41) is 4.44. The predicted molar refractivity (Wildman–Crippen MR) is 69.0 cm³/mol. The molecule has 2 aromatic heterocycles. The Bertz CT molecular complexity index is 845. The highest BCUT2D eigenvalue weighted by Crippen LogP contribution is 2.29. The molecular weight excluding hydrogens is 210 g/mol. The van der Waals surface area contributed by atoms with Crippen LogP contribution in [0.15, 0.2) is 59.3 Å². The van der Waals surface area contributed by atoms with E-state index >= 15 is 0 Å². The molecule has 17 heavy (non-hydrogen) atoms. The first-order valence-corrected chi connectivity index (χ1v) is 5.57. The van der Waals surface area contributed by atoms with Gasteiger partial charge in [0, 0.05) is 33.9 Å². The molecule has 0 aliphatic heterocycles. The Morgan fingerprint density at radius 3 is 2.71 bits per heavy atom. The van der Waals surface area contributed by atoms with Gasteiger partial charge in [-0.1, -0.05) is 30.3 Å². The van der Waals surface area contributed by atoms with Crippen molar-refractivity contribution in [2.75, 3.05) is 0 Å². The molecule has 0 N–H and O–H groups in total. The predicted octanol–water partition coefficient (Wildman–Crippen LogP) is 4.13. The molecule has 0 atom stereocenters. The highest BCUT2D eigenvalue weighted by molar-refractivity contribution is 6.06. The summed E-state index contributed by atoms with van der Waals surface area (Å²) >= 11 is 0. The summed E-state index contributed by atoms with van der Waals surface area (Å²) in [5.74, 6) is 0. The zero-order chi connectivity index (χ0) is 11.2. The van der Waals surface area contributed by atoms with Gasteiger partial charge in [-0.25, -0.2) is 0 Å². The van der Waals surface area contributed by atoms with E-state index in [1.165, 1.54) is 0 Å². The smallest absolute Gasteiger partial charge is 0.144 e. The Hall–Kier alpha value is -2.35. The number of para-hydroxylation sites is 1. The van der Waals surface area contributed by atoms with Gasteiger partial charge in [-0.05, 0) is 12.1 Å². The largest absolute Gasteiger partial charge is 0.455 e. The second kappa shape index (κ2) is 3.08. The maximum atomic E-state index is 5.98. The molecule has 2 heterocycles. The molecule has 0 saturated heterocycles. The SMILES string of the molecule is c1ccc2oc3c(ccc4cncc43)cc2c1. The molecule has 0 amide bonds. The first-order chi connectivity index (χ1) is 8.42. The minimum atomic E-state index is 0.911. The summed E-state index contributed by atoms with van der Waals surface area (Å²) in [6.45, 7) is 0. The molecule has 4 aromatic rings. The number of fused-ring (bicyclic) bond motifs is 4. The van der Waals surface area contributed by atoms with E-state index in [4.69, 9.17) is 4.42 Å². The van der Waals surface area contributed by atoms with Gasteiger partial charge in [-0.15, -0.1) is 0 Å². The number of aromatic nitrogens is 1. The number of hydrogen-bond donors (Lipinski definition) is 0. The van der Waals surface area contributed by atoms with Crippen LogP contribution in [0.3, 0.4) is 0 Å². The quantitative estimate of drug-likeness (QED) is 0.415. The van der Waals surface area contributed by atoms with Crippen LogP contribution < -0.4 is 0 Å².